The van der Waals surface area contributed by atoms with Gasteiger partial charge in [-0.15, -0.1) is 0 Å². The third-order valence-corrected chi connectivity index (χ3v) is 6.19. The Bertz CT molecular complexity index is 990. The molecule has 2 aliphatic rings. The van der Waals surface area contributed by atoms with Crippen molar-refractivity contribution in [1.82, 2.24) is 4.90 Å². The first-order valence-electron chi connectivity index (χ1n) is 10.9. The molecule has 1 unspecified atom stereocenters. The topological polar surface area (TPSA) is 97.1 Å². The molecule has 1 saturated carbocycles. The highest BCUT2D eigenvalue weighted by molar-refractivity contribution is 6.23. The van der Waals surface area contributed by atoms with Gasteiger partial charge in [0.1, 0.15) is 6.04 Å². The molecule has 1 aliphatic heterocycles. The lowest BCUT2D eigenvalue weighted by Crippen LogP contribution is -2.50. The number of carbonyl (C=O) groups excluding carboxylic acids is 4. The molecular weight excluding hydrogens is 412 g/mol. The summed E-state index contributed by atoms with van der Waals surface area (Å²) in [7, 11) is 1.28. The molecule has 2 fully saturated rings. The molecule has 32 heavy (non-hydrogen) atoms. The minimum atomic E-state index is -0.886. The largest absolute Gasteiger partial charge is 0.465 e. The Labute approximate surface area is 186 Å². The van der Waals surface area contributed by atoms with Gasteiger partial charge in [-0.1, -0.05) is 25.7 Å². The monoisotopic (exact) mass is 438 g/mol. The van der Waals surface area contributed by atoms with Crippen molar-refractivity contribution in [2.45, 2.75) is 57.0 Å². The Morgan fingerprint density at radius 3 is 2.31 bits per heavy atom. The van der Waals surface area contributed by atoms with Crippen LogP contribution in [0.1, 0.15) is 65.9 Å². The van der Waals surface area contributed by atoms with Gasteiger partial charge in [0.05, 0.1) is 31.0 Å². The number of esters is 1. The predicted octanol–water partition coefficient (Wildman–Crippen LogP) is 3.56. The van der Waals surface area contributed by atoms with E-state index in [2.05, 4.69) is 0 Å². The maximum Gasteiger partial charge on any atom is 0.337 e. The summed E-state index contributed by atoms with van der Waals surface area (Å²) < 4.78 is 10.0. The van der Waals surface area contributed by atoms with Crippen molar-refractivity contribution in [3.63, 3.8) is 0 Å². The molecule has 1 aromatic carbocycles. The fraction of sp³-hybridized carbons (Fsp3) is 0.417. The van der Waals surface area contributed by atoms with Crippen LogP contribution in [-0.4, -0.2) is 47.8 Å². The van der Waals surface area contributed by atoms with Crippen LogP contribution in [0.25, 0.3) is 0 Å². The van der Waals surface area contributed by atoms with Gasteiger partial charge in [0.25, 0.3) is 11.8 Å². The first-order valence-corrected chi connectivity index (χ1v) is 10.9. The molecule has 1 aliphatic carbocycles. The number of imide groups is 1. The zero-order valence-corrected chi connectivity index (χ0v) is 18.0. The van der Waals surface area contributed by atoms with Crippen LogP contribution in [0, 0.1) is 0 Å². The second-order valence-electron chi connectivity index (χ2n) is 8.16. The third kappa shape index (κ3) is 4.17. The summed E-state index contributed by atoms with van der Waals surface area (Å²) in [5, 5.41) is 0. The molecule has 0 radical (unpaired) electrons. The number of amides is 3. The Balaban J connectivity index is 1.63. The second-order valence-corrected chi connectivity index (χ2v) is 8.16. The van der Waals surface area contributed by atoms with Crippen LogP contribution in [-0.2, 0) is 14.3 Å². The van der Waals surface area contributed by atoms with Crippen molar-refractivity contribution in [3.05, 3.63) is 54.0 Å². The average Bonchev–Trinajstić information content (AvgIpc) is 3.34. The van der Waals surface area contributed by atoms with Crippen LogP contribution in [0.3, 0.4) is 0 Å². The molecule has 0 N–H and O–H groups in total. The number of furan rings is 1. The standard InChI is InChI=1S/C24H26N2O6/c1-31-24(30)16-10-12-18(13-11-16)26-21(27)15-19(22(26)28)25(17-7-4-2-3-5-8-17)23(29)20-9-6-14-32-20/h6,9-14,17,19H,2-5,7-8,15H2,1H3. The molecule has 2 aromatic rings. The molecule has 0 bridgehead atoms. The number of rotatable bonds is 5. The lowest BCUT2D eigenvalue weighted by Gasteiger charge is -2.34. The number of hydrogen-bond acceptors (Lipinski definition) is 6. The van der Waals surface area contributed by atoms with Crippen LogP contribution in [0.2, 0.25) is 0 Å². The van der Waals surface area contributed by atoms with Gasteiger partial charge in [0.15, 0.2) is 5.76 Å². The molecule has 3 amide bonds. The number of carbonyl (C=O) groups is 4. The van der Waals surface area contributed by atoms with Gasteiger partial charge in [-0.2, -0.15) is 0 Å². The van der Waals surface area contributed by atoms with E-state index in [9.17, 15) is 19.2 Å². The zero-order valence-electron chi connectivity index (χ0n) is 18.0. The predicted molar refractivity (Wildman–Crippen MR) is 115 cm³/mol. The van der Waals surface area contributed by atoms with Crippen LogP contribution >= 0.6 is 0 Å². The fourth-order valence-electron chi connectivity index (χ4n) is 4.59. The van der Waals surface area contributed by atoms with E-state index in [-0.39, 0.29) is 30.0 Å². The molecule has 2 heterocycles. The van der Waals surface area contributed by atoms with Crippen LogP contribution in [0.15, 0.2) is 47.1 Å². The van der Waals surface area contributed by atoms with Gasteiger partial charge in [-0.3, -0.25) is 14.4 Å². The summed E-state index contributed by atoms with van der Waals surface area (Å²) in [6, 6.07) is 8.29. The van der Waals surface area contributed by atoms with Crippen LogP contribution in [0.4, 0.5) is 5.69 Å². The van der Waals surface area contributed by atoms with E-state index in [0.717, 1.165) is 43.4 Å². The van der Waals surface area contributed by atoms with Crippen molar-refractivity contribution in [2.75, 3.05) is 12.0 Å². The quantitative estimate of drug-likeness (QED) is 0.402. The van der Waals surface area contributed by atoms with Crippen LogP contribution < -0.4 is 4.90 Å². The Morgan fingerprint density at radius 1 is 1.03 bits per heavy atom. The molecule has 0 spiro atoms. The second kappa shape index (κ2) is 9.38. The van der Waals surface area contributed by atoms with Crippen molar-refractivity contribution >= 4 is 29.4 Å². The Morgan fingerprint density at radius 2 is 1.72 bits per heavy atom. The number of ether oxygens (including phenoxy) is 1. The SMILES string of the molecule is COC(=O)c1ccc(N2C(=O)CC(N(C(=O)c3ccco3)C3CCCCCC3)C2=O)cc1. The van der Waals surface area contributed by atoms with E-state index in [0.29, 0.717) is 11.3 Å². The highest BCUT2D eigenvalue weighted by Crippen LogP contribution is 2.32. The lowest BCUT2D eigenvalue weighted by atomic mass is 10.0. The minimum absolute atomic E-state index is 0.0828. The molecule has 168 valence electrons. The summed E-state index contributed by atoms with van der Waals surface area (Å²) in [5.74, 6) is -1.52. The fourth-order valence-corrected chi connectivity index (χ4v) is 4.59. The number of hydrogen-bond donors (Lipinski definition) is 0. The van der Waals surface area contributed by atoms with Gasteiger partial charge < -0.3 is 14.1 Å². The zero-order chi connectivity index (χ0) is 22.7. The molecule has 1 aromatic heterocycles. The third-order valence-electron chi connectivity index (χ3n) is 6.19. The van der Waals surface area contributed by atoms with Crippen molar-refractivity contribution in [1.29, 1.82) is 0 Å². The minimum Gasteiger partial charge on any atom is -0.465 e. The highest BCUT2D eigenvalue weighted by atomic mass is 16.5. The van der Waals surface area contributed by atoms with Gasteiger partial charge in [-0.25, -0.2) is 9.69 Å². The van der Waals surface area contributed by atoms with Gasteiger partial charge in [0, 0.05) is 6.04 Å². The summed E-state index contributed by atoms with van der Waals surface area (Å²) in [4.78, 5) is 54.0. The van der Waals surface area contributed by atoms with Crippen molar-refractivity contribution in [3.8, 4) is 0 Å². The number of anilines is 1. The summed E-state index contributed by atoms with van der Waals surface area (Å²) in [6.45, 7) is 0. The van der Waals surface area contributed by atoms with Gasteiger partial charge in [-0.05, 0) is 49.2 Å². The number of nitrogens with zero attached hydrogens (tertiary/aromatic N) is 2. The molecular formula is C24H26N2O6. The Kier molecular flexibility index (Phi) is 6.39. The number of methoxy groups -OCH3 is 1. The van der Waals surface area contributed by atoms with E-state index in [1.54, 1.807) is 17.0 Å². The maximum absolute atomic E-state index is 13.4. The molecule has 1 saturated heterocycles. The molecule has 4 rings (SSSR count). The van der Waals surface area contributed by atoms with E-state index in [4.69, 9.17) is 9.15 Å². The summed E-state index contributed by atoms with van der Waals surface area (Å²) in [6.07, 6.45) is 7.05. The lowest BCUT2D eigenvalue weighted by molar-refractivity contribution is -0.123. The molecule has 1 atom stereocenters. The van der Waals surface area contributed by atoms with E-state index in [1.807, 2.05) is 0 Å². The van der Waals surface area contributed by atoms with Gasteiger partial charge in [0.2, 0.25) is 5.91 Å². The van der Waals surface area contributed by atoms with Crippen LogP contribution in [0.5, 0.6) is 0 Å². The van der Waals surface area contributed by atoms with Crippen molar-refractivity contribution < 1.29 is 28.3 Å². The average molecular weight is 438 g/mol. The van der Waals surface area contributed by atoms with E-state index >= 15 is 0 Å². The maximum atomic E-state index is 13.4. The molecule has 8 nitrogen and oxygen atoms in total. The van der Waals surface area contributed by atoms with E-state index in [1.165, 1.54) is 37.6 Å². The number of benzene rings is 1. The normalized spacial score (nSPS) is 19.7. The van der Waals surface area contributed by atoms with Gasteiger partial charge >= 0.3 is 5.97 Å². The smallest absolute Gasteiger partial charge is 0.337 e. The van der Waals surface area contributed by atoms with Crippen molar-refractivity contribution in [2.24, 2.45) is 0 Å². The van der Waals surface area contributed by atoms with E-state index < -0.39 is 17.9 Å². The molecule has 8 heteroatoms. The summed E-state index contributed by atoms with van der Waals surface area (Å²) in [5.41, 5.74) is 0.682. The summed E-state index contributed by atoms with van der Waals surface area (Å²) >= 11 is 0. The first-order chi connectivity index (χ1) is 15.5. The first kappa shape index (κ1) is 21.8. The highest BCUT2D eigenvalue weighted by Gasteiger charge is 2.47. The Hall–Kier alpha value is -3.42.